The van der Waals surface area contributed by atoms with Crippen LogP contribution in [0.2, 0.25) is 5.02 Å². The molecule has 0 bridgehead atoms. The van der Waals surface area contributed by atoms with Crippen LogP contribution in [-0.4, -0.2) is 11.9 Å². The third-order valence-corrected chi connectivity index (χ3v) is 4.34. The minimum Gasteiger partial charge on any atom is -0.349 e. The zero-order chi connectivity index (χ0) is 12.3. The number of hydrogen-bond donors (Lipinski definition) is 1. The lowest BCUT2D eigenvalue weighted by Gasteiger charge is -2.22. The maximum absolute atomic E-state index is 12.0. The fourth-order valence-electron chi connectivity index (χ4n) is 2.15. The van der Waals surface area contributed by atoms with Gasteiger partial charge in [0, 0.05) is 16.1 Å². The fourth-order valence-corrected chi connectivity index (χ4v) is 2.65. The Bertz CT molecular complexity index is 416. The lowest BCUT2D eigenvalue weighted by molar-refractivity contribution is 0.0927. The SMILES string of the molecule is O=C(NC1CCCCC1)c1ccc(Cl)c(Br)c1. The van der Waals surface area contributed by atoms with Gasteiger partial charge in [0.05, 0.1) is 5.02 Å². The molecule has 1 N–H and O–H groups in total. The lowest BCUT2D eigenvalue weighted by Crippen LogP contribution is -2.36. The molecule has 4 heteroatoms. The molecule has 1 aromatic rings. The summed E-state index contributed by atoms with van der Waals surface area (Å²) in [6.45, 7) is 0. The monoisotopic (exact) mass is 315 g/mol. The number of amides is 1. The average Bonchev–Trinajstić information content (AvgIpc) is 2.34. The number of carbonyl (C=O) groups is 1. The molecule has 2 rings (SSSR count). The van der Waals surface area contributed by atoms with Gasteiger partial charge in [0.25, 0.3) is 5.91 Å². The minimum atomic E-state index is -0.00531. The first-order valence-corrected chi connectivity index (χ1v) is 7.10. The summed E-state index contributed by atoms with van der Waals surface area (Å²) in [5.74, 6) is -0.00531. The van der Waals surface area contributed by atoms with Crippen molar-refractivity contribution in [3.63, 3.8) is 0 Å². The van der Waals surface area contributed by atoms with Crippen molar-refractivity contribution in [3.8, 4) is 0 Å². The summed E-state index contributed by atoms with van der Waals surface area (Å²) in [4.78, 5) is 12.0. The summed E-state index contributed by atoms with van der Waals surface area (Å²) in [5.41, 5.74) is 0.659. The number of nitrogens with one attached hydrogen (secondary N) is 1. The van der Waals surface area contributed by atoms with Crippen LogP contribution in [0.1, 0.15) is 42.5 Å². The maximum atomic E-state index is 12.0. The van der Waals surface area contributed by atoms with E-state index in [4.69, 9.17) is 11.6 Å². The first-order chi connectivity index (χ1) is 8.16. The Morgan fingerprint density at radius 3 is 2.65 bits per heavy atom. The molecule has 0 unspecified atom stereocenters. The van der Waals surface area contributed by atoms with Crippen LogP contribution < -0.4 is 5.32 Å². The summed E-state index contributed by atoms with van der Waals surface area (Å²) < 4.78 is 0.760. The largest absolute Gasteiger partial charge is 0.349 e. The van der Waals surface area contributed by atoms with Crippen molar-refractivity contribution >= 4 is 33.4 Å². The molecule has 0 radical (unpaired) electrons. The van der Waals surface area contributed by atoms with E-state index >= 15 is 0 Å². The zero-order valence-electron chi connectivity index (χ0n) is 9.51. The van der Waals surface area contributed by atoms with E-state index in [9.17, 15) is 4.79 Å². The number of halogens is 2. The summed E-state index contributed by atoms with van der Waals surface area (Å²) >= 11 is 9.23. The zero-order valence-corrected chi connectivity index (χ0v) is 11.9. The molecule has 0 saturated heterocycles. The highest BCUT2D eigenvalue weighted by Crippen LogP contribution is 2.23. The predicted octanol–water partition coefficient (Wildman–Crippen LogP) is 4.17. The summed E-state index contributed by atoms with van der Waals surface area (Å²) in [5, 5.41) is 3.70. The molecule has 92 valence electrons. The molecule has 0 heterocycles. The van der Waals surface area contributed by atoms with Crippen LogP contribution in [0.5, 0.6) is 0 Å². The predicted molar refractivity (Wildman–Crippen MR) is 73.5 cm³/mol. The molecule has 2 nitrogen and oxygen atoms in total. The normalized spacial score (nSPS) is 16.8. The number of carbonyl (C=O) groups excluding carboxylic acids is 1. The number of hydrogen-bond acceptors (Lipinski definition) is 1. The first-order valence-electron chi connectivity index (χ1n) is 5.93. The highest BCUT2D eigenvalue weighted by molar-refractivity contribution is 9.10. The second-order valence-electron chi connectivity index (χ2n) is 4.44. The van der Waals surface area contributed by atoms with Crippen molar-refractivity contribution in [1.29, 1.82) is 0 Å². The van der Waals surface area contributed by atoms with Crippen molar-refractivity contribution in [1.82, 2.24) is 5.32 Å². The van der Waals surface area contributed by atoms with Gasteiger partial charge in [0.1, 0.15) is 0 Å². The third kappa shape index (κ3) is 3.46. The van der Waals surface area contributed by atoms with Crippen LogP contribution >= 0.6 is 27.5 Å². The van der Waals surface area contributed by atoms with E-state index in [1.165, 1.54) is 19.3 Å². The Hall–Kier alpha value is -0.540. The van der Waals surface area contributed by atoms with Crippen molar-refractivity contribution in [2.45, 2.75) is 38.1 Å². The Morgan fingerprint density at radius 1 is 1.29 bits per heavy atom. The van der Waals surface area contributed by atoms with Crippen molar-refractivity contribution < 1.29 is 4.79 Å². The lowest BCUT2D eigenvalue weighted by atomic mass is 9.95. The van der Waals surface area contributed by atoms with Gasteiger partial charge in [-0.15, -0.1) is 0 Å². The van der Waals surface area contributed by atoms with E-state index in [1.54, 1.807) is 18.2 Å². The smallest absolute Gasteiger partial charge is 0.251 e. The third-order valence-electron chi connectivity index (χ3n) is 3.12. The van der Waals surface area contributed by atoms with Gasteiger partial charge in [-0.05, 0) is 47.0 Å². The van der Waals surface area contributed by atoms with Gasteiger partial charge in [-0.25, -0.2) is 0 Å². The van der Waals surface area contributed by atoms with E-state index in [1.807, 2.05) is 0 Å². The van der Waals surface area contributed by atoms with Gasteiger partial charge >= 0.3 is 0 Å². The molecule has 1 amide bonds. The summed E-state index contributed by atoms with van der Waals surface area (Å²) in [6, 6.07) is 5.60. The molecule has 1 saturated carbocycles. The maximum Gasteiger partial charge on any atom is 0.251 e. The number of benzene rings is 1. The molecule has 0 spiro atoms. The van der Waals surface area contributed by atoms with Crippen LogP contribution in [0.15, 0.2) is 22.7 Å². The van der Waals surface area contributed by atoms with E-state index < -0.39 is 0 Å². The van der Waals surface area contributed by atoms with Gasteiger partial charge in [-0.2, -0.15) is 0 Å². The van der Waals surface area contributed by atoms with Gasteiger partial charge in [0.15, 0.2) is 0 Å². The Balaban J connectivity index is 2.01. The molecular formula is C13H15BrClNO. The molecule has 0 aliphatic heterocycles. The molecular weight excluding hydrogens is 302 g/mol. The topological polar surface area (TPSA) is 29.1 Å². The van der Waals surface area contributed by atoms with Crippen molar-refractivity contribution in [2.24, 2.45) is 0 Å². The minimum absolute atomic E-state index is 0.00531. The van der Waals surface area contributed by atoms with Gasteiger partial charge in [-0.3, -0.25) is 4.79 Å². The average molecular weight is 317 g/mol. The van der Waals surface area contributed by atoms with Gasteiger partial charge in [-0.1, -0.05) is 30.9 Å². The highest BCUT2D eigenvalue weighted by Gasteiger charge is 2.16. The molecule has 1 fully saturated rings. The van der Waals surface area contributed by atoms with Crippen LogP contribution in [0.3, 0.4) is 0 Å². The second kappa shape index (κ2) is 5.87. The molecule has 1 aromatic carbocycles. The van der Waals surface area contributed by atoms with E-state index in [0.717, 1.165) is 17.3 Å². The van der Waals surface area contributed by atoms with Crippen molar-refractivity contribution in [3.05, 3.63) is 33.3 Å². The molecule has 1 aliphatic rings. The Labute approximate surface area is 115 Å². The van der Waals surface area contributed by atoms with E-state index in [0.29, 0.717) is 16.6 Å². The molecule has 0 atom stereocenters. The molecule has 17 heavy (non-hydrogen) atoms. The number of rotatable bonds is 2. The summed E-state index contributed by atoms with van der Waals surface area (Å²) in [6.07, 6.45) is 5.92. The van der Waals surface area contributed by atoms with Crippen LogP contribution in [0.4, 0.5) is 0 Å². The van der Waals surface area contributed by atoms with Crippen LogP contribution in [-0.2, 0) is 0 Å². The van der Waals surface area contributed by atoms with Gasteiger partial charge < -0.3 is 5.32 Å². The quantitative estimate of drug-likeness (QED) is 0.872. The first kappa shape index (κ1) is 12.9. The summed E-state index contributed by atoms with van der Waals surface area (Å²) in [7, 11) is 0. The second-order valence-corrected chi connectivity index (χ2v) is 5.70. The van der Waals surface area contributed by atoms with Crippen molar-refractivity contribution in [2.75, 3.05) is 0 Å². The standard InChI is InChI=1S/C13H15BrClNO/c14-11-8-9(6-7-12(11)15)13(17)16-10-4-2-1-3-5-10/h6-8,10H,1-5H2,(H,16,17). The Kier molecular flexibility index (Phi) is 4.46. The van der Waals surface area contributed by atoms with Crippen LogP contribution in [0.25, 0.3) is 0 Å². The highest BCUT2D eigenvalue weighted by atomic mass is 79.9. The molecule has 1 aliphatic carbocycles. The van der Waals surface area contributed by atoms with E-state index in [-0.39, 0.29) is 5.91 Å². The Morgan fingerprint density at radius 2 is 2.00 bits per heavy atom. The molecule has 0 aromatic heterocycles. The van der Waals surface area contributed by atoms with Gasteiger partial charge in [0.2, 0.25) is 0 Å². The van der Waals surface area contributed by atoms with Crippen LogP contribution in [0, 0.1) is 0 Å². The fraction of sp³-hybridized carbons (Fsp3) is 0.462. The van der Waals surface area contributed by atoms with E-state index in [2.05, 4.69) is 21.2 Å².